The molecule has 0 aliphatic rings. The van der Waals surface area contributed by atoms with Crippen molar-refractivity contribution in [3.63, 3.8) is 0 Å². The largest absolute Gasteiger partial charge is 0.0836 e. The smallest absolute Gasteiger partial charge is 0.0778 e. The first-order chi connectivity index (χ1) is 5.65. The van der Waals surface area contributed by atoms with Crippen molar-refractivity contribution in [3.8, 4) is 0 Å². The summed E-state index contributed by atoms with van der Waals surface area (Å²) in [7, 11) is 0. The molecule has 0 nitrogen and oxygen atoms in total. The molecule has 0 bridgehead atoms. The monoisotopic (exact) mass is 219 g/mol. The van der Waals surface area contributed by atoms with Gasteiger partial charge in [-0.25, -0.2) is 0 Å². The molecule has 0 fully saturated rings. The van der Waals surface area contributed by atoms with Crippen LogP contribution in [-0.4, -0.2) is 0 Å². The van der Waals surface area contributed by atoms with Crippen molar-refractivity contribution in [2.75, 3.05) is 0 Å². The molecule has 12 heavy (non-hydrogen) atoms. The highest BCUT2D eigenvalue weighted by molar-refractivity contribution is 6.48. The molecular formula is C9H6Cl3. The van der Waals surface area contributed by atoms with Gasteiger partial charge in [-0.2, -0.15) is 0 Å². The summed E-state index contributed by atoms with van der Waals surface area (Å²) >= 11 is 17.3. The highest BCUT2D eigenvalue weighted by Crippen LogP contribution is 2.31. The average molecular weight is 221 g/mol. The standard InChI is InChI=1S/C9H6Cl3/c1-2-3-6-4-7(10)9(12)8(11)5-6/h2-5H,1H2/b3-2+. The minimum absolute atomic E-state index is 0.388. The zero-order valence-electron chi connectivity index (χ0n) is 6.15. The average Bonchev–Trinajstić information content (AvgIpc) is 2.01. The fourth-order valence-corrected chi connectivity index (χ4v) is 1.42. The second-order valence-corrected chi connectivity index (χ2v) is 3.39. The lowest BCUT2D eigenvalue weighted by atomic mass is 10.2. The molecule has 0 saturated carbocycles. The molecule has 3 heteroatoms. The predicted octanol–water partition coefficient (Wildman–Crippen LogP) is 4.49. The summed E-state index contributed by atoms with van der Waals surface area (Å²) in [5.41, 5.74) is 0.893. The lowest BCUT2D eigenvalue weighted by molar-refractivity contribution is 1.65. The van der Waals surface area contributed by atoms with Gasteiger partial charge in [0.05, 0.1) is 15.1 Å². The van der Waals surface area contributed by atoms with Gasteiger partial charge in [-0.05, 0) is 24.6 Å². The zero-order chi connectivity index (χ0) is 9.14. The van der Waals surface area contributed by atoms with Crippen molar-refractivity contribution in [1.29, 1.82) is 0 Å². The second kappa shape index (κ2) is 4.18. The van der Waals surface area contributed by atoms with Crippen LogP contribution in [0.1, 0.15) is 5.56 Å². The van der Waals surface area contributed by atoms with E-state index < -0.39 is 0 Å². The van der Waals surface area contributed by atoms with Crippen LogP contribution in [0.3, 0.4) is 0 Å². The summed E-state index contributed by atoms with van der Waals surface area (Å²) in [4.78, 5) is 0. The molecular weight excluding hydrogens is 214 g/mol. The SMILES string of the molecule is [CH2]/C=C/c1cc(Cl)c(Cl)c(Cl)c1. The van der Waals surface area contributed by atoms with E-state index in [4.69, 9.17) is 34.8 Å². The maximum atomic E-state index is 5.78. The number of hydrogen-bond donors (Lipinski definition) is 0. The Morgan fingerprint density at radius 2 is 1.58 bits per heavy atom. The highest BCUT2D eigenvalue weighted by atomic mass is 35.5. The molecule has 63 valence electrons. The maximum absolute atomic E-state index is 5.78. The van der Waals surface area contributed by atoms with Crippen molar-refractivity contribution in [2.24, 2.45) is 0 Å². The summed E-state index contributed by atoms with van der Waals surface area (Å²) in [5, 5.41) is 1.30. The second-order valence-electron chi connectivity index (χ2n) is 2.20. The van der Waals surface area contributed by atoms with Gasteiger partial charge in [-0.1, -0.05) is 47.0 Å². The number of rotatable bonds is 1. The van der Waals surface area contributed by atoms with Crippen molar-refractivity contribution in [2.45, 2.75) is 0 Å². The van der Waals surface area contributed by atoms with Crippen molar-refractivity contribution < 1.29 is 0 Å². The van der Waals surface area contributed by atoms with Gasteiger partial charge in [-0.15, -0.1) is 0 Å². The maximum Gasteiger partial charge on any atom is 0.0778 e. The summed E-state index contributed by atoms with van der Waals surface area (Å²) in [5.74, 6) is 0. The Balaban J connectivity index is 3.21. The van der Waals surface area contributed by atoms with E-state index in [0.29, 0.717) is 15.1 Å². The number of benzene rings is 1. The molecule has 1 aromatic carbocycles. The van der Waals surface area contributed by atoms with Crippen LogP contribution in [0.15, 0.2) is 18.2 Å². The quantitative estimate of drug-likeness (QED) is 0.612. The molecule has 0 aromatic heterocycles. The van der Waals surface area contributed by atoms with E-state index in [0.717, 1.165) is 5.56 Å². The van der Waals surface area contributed by atoms with Gasteiger partial charge < -0.3 is 0 Å². The number of halogens is 3. The van der Waals surface area contributed by atoms with Gasteiger partial charge >= 0.3 is 0 Å². The Hall–Kier alpha value is -0.170. The van der Waals surface area contributed by atoms with Crippen LogP contribution >= 0.6 is 34.8 Å². The molecule has 0 saturated heterocycles. The van der Waals surface area contributed by atoms with E-state index in [1.54, 1.807) is 24.3 Å². The topological polar surface area (TPSA) is 0 Å². The van der Waals surface area contributed by atoms with E-state index in [1.165, 1.54) is 0 Å². The predicted molar refractivity (Wildman–Crippen MR) is 55.9 cm³/mol. The first-order valence-corrected chi connectivity index (χ1v) is 4.39. The van der Waals surface area contributed by atoms with Crippen LogP contribution in [0.4, 0.5) is 0 Å². The van der Waals surface area contributed by atoms with Crippen LogP contribution in [0, 0.1) is 6.92 Å². The van der Waals surface area contributed by atoms with Gasteiger partial charge in [0.15, 0.2) is 0 Å². The minimum atomic E-state index is 0.388. The Labute approximate surface area is 86.7 Å². The third kappa shape index (κ3) is 2.16. The lowest BCUT2D eigenvalue weighted by Gasteiger charge is -2.00. The molecule has 0 aliphatic carbocycles. The fraction of sp³-hybridized carbons (Fsp3) is 0. The molecule has 0 amide bonds. The van der Waals surface area contributed by atoms with E-state index in [-0.39, 0.29) is 0 Å². The molecule has 0 unspecified atom stereocenters. The normalized spacial score (nSPS) is 11.0. The first-order valence-electron chi connectivity index (χ1n) is 3.25. The molecule has 0 N–H and O–H groups in total. The van der Waals surface area contributed by atoms with Gasteiger partial charge in [-0.3, -0.25) is 0 Å². The number of hydrogen-bond acceptors (Lipinski definition) is 0. The Bertz CT molecular complexity index is 293. The van der Waals surface area contributed by atoms with Crippen LogP contribution < -0.4 is 0 Å². The van der Waals surface area contributed by atoms with E-state index in [2.05, 4.69) is 6.92 Å². The minimum Gasteiger partial charge on any atom is -0.0836 e. The van der Waals surface area contributed by atoms with Crippen molar-refractivity contribution >= 4 is 40.9 Å². The van der Waals surface area contributed by atoms with Crippen molar-refractivity contribution in [3.05, 3.63) is 45.8 Å². The third-order valence-corrected chi connectivity index (χ3v) is 2.51. The van der Waals surface area contributed by atoms with E-state index in [9.17, 15) is 0 Å². The summed E-state index contributed by atoms with van der Waals surface area (Å²) < 4.78 is 0. The zero-order valence-corrected chi connectivity index (χ0v) is 8.42. The van der Waals surface area contributed by atoms with E-state index >= 15 is 0 Å². The van der Waals surface area contributed by atoms with Crippen LogP contribution in [0.25, 0.3) is 6.08 Å². The molecule has 1 rings (SSSR count). The van der Waals surface area contributed by atoms with Gasteiger partial charge in [0.1, 0.15) is 0 Å². The Morgan fingerprint density at radius 3 is 2.00 bits per heavy atom. The molecule has 0 aliphatic heterocycles. The fourth-order valence-electron chi connectivity index (χ4n) is 0.807. The van der Waals surface area contributed by atoms with Crippen molar-refractivity contribution in [1.82, 2.24) is 0 Å². The summed E-state index contributed by atoms with van der Waals surface area (Å²) in [6.45, 7) is 3.56. The summed E-state index contributed by atoms with van der Waals surface area (Å²) in [6, 6.07) is 3.47. The van der Waals surface area contributed by atoms with Crippen LogP contribution in [0.5, 0.6) is 0 Å². The highest BCUT2D eigenvalue weighted by Gasteiger charge is 2.03. The first kappa shape index (κ1) is 9.91. The lowest BCUT2D eigenvalue weighted by Crippen LogP contribution is -1.76. The molecule has 0 atom stereocenters. The molecule has 0 spiro atoms. The molecule has 0 heterocycles. The number of allylic oxidation sites excluding steroid dienone is 1. The van der Waals surface area contributed by atoms with E-state index in [1.807, 2.05) is 0 Å². The van der Waals surface area contributed by atoms with Gasteiger partial charge in [0, 0.05) is 0 Å². The van der Waals surface area contributed by atoms with Gasteiger partial charge in [0.25, 0.3) is 0 Å². The third-order valence-electron chi connectivity index (χ3n) is 1.32. The van der Waals surface area contributed by atoms with Crippen LogP contribution in [-0.2, 0) is 0 Å². The van der Waals surface area contributed by atoms with Crippen LogP contribution in [0.2, 0.25) is 15.1 Å². The van der Waals surface area contributed by atoms with Gasteiger partial charge in [0.2, 0.25) is 0 Å². The molecule has 1 radical (unpaired) electrons. The Morgan fingerprint density at radius 1 is 1.08 bits per heavy atom. The summed E-state index contributed by atoms with van der Waals surface area (Å²) in [6.07, 6.45) is 3.46. The Kier molecular flexibility index (Phi) is 3.45. The molecule has 1 aromatic rings.